The lowest BCUT2D eigenvalue weighted by Gasteiger charge is -2.43. The summed E-state index contributed by atoms with van der Waals surface area (Å²) in [7, 11) is 0. The summed E-state index contributed by atoms with van der Waals surface area (Å²) in [6.45, 7) is 11.5. The molecule has 0 aromatic rings. The average molecular weight is 254 g/mol. The summed E-state index contributed by atoms with van der Waals surface area (Å²) >= 11 is 0. The predicted molar refractivity (Wildman–Crippen MR) is 75.9 cm³/mol. The number of hydrogen-bond donors (Lipinski definition) is 1. The lowest BCUT2D eigenvalue weighted by atomic mass is 9.76. The molecule has 0 aliphatic carbocycles. The van der Waals surface area contributed by atoms with Crippen LogP contribution in [0.2, 0.25) is 0 Å². The highest BCUT2D eigenvalue weighted by Crippen LogP contribution is 2.33. The molecule has 0 aromatic heterocycles. The molecule has 2 heterocycles. The van der Waals surface area contributed by atoms with E-state index in [9.17, 15) is 0 Å². The van der Waals surface area contributed by atoms with E-state index in [0.29, 0.717) is 11.5 Å². The fraction of sp³-hybridized carbons (Fsp3) is 1.00. The maximum atomic E-state index is 5.78. The molecule has 2 atom stereocenters. The van der Waals surface area contributed by atoms with Gasteiger partial charge in [0.1, 0.15) is 0 Å². The standard InChI is InChI=1S/C15H30N2O/c1-3-6-15(7-5-8-16-12-15)13-17-9-10-18-14(4-2)11-17/h14,16H,3-13H2,1-2H3. The Morgan fingerprint density at radius 1 is 1.39 bits per heavy atom. The van der Waals surface area contributed by atoms with Crippen molar-refractivity contribution >= 4 is 0 Å². The van der Waals surface area contributed by atoms with Crippen molar-refractivity contribution in [1.82, 2.24) is 10.2 Å². The molecule has 2 saturated heterocycles. The molecule has 2 aliphatic rings. The van der Waals surface area contributed by atoms with Gasteiger partial charge in [-0.15, -0.1) is 0 Å². The van der Waals surface area contributed by atoms with E-state index in [1.807, 2.05) is 0 Å². The second kappa shape index (κ2) is 6.88. The molecule has 2 aliphatic heterocycles. The second-order valence-corrected chi connectivity index (χ2v) is 6.17. The van der Waals surface area contributed by atoms with E-state index in [2.05, 4.69) is 24.1 Å². The van der Waals surface area contributed by atoms with Crippen molar-refractivity contribution in [3.63, 3.8) is 0 Å². The topological polar surface area (TPSA) is 24.5 Å². The van der Waals surface area contributed by atoms with Crippen LogP contribution in [0.4, 0.5) is 0 Å². The zero-order valence-corrected chi connectivity index (χ0v) is 12.2. The lowest BCUT2D eigenvalue weighted by molar-refractivity contribution is -0.0460. The average Bonchev–Trinajstić information content (AvgIpc) is 2.40. The lowest BCUT2D eigenvalue weighted by Crippen LogP contribution is -2.51. The largest absolute Gasteiger partial charge is 0.376 e. The number of morpholine rings is 1. The molecular formula is C15H30N2O. The maximum absolute atomic E-state index is 5.78. The van der Waals surface area contributed by atoms with E-state index in [4.69, 9.17) is 4.74 Å². The highest BCUT2D eigenvalue weighted by Gasteiger charge is 2.34. The summed E-state index contributed by atoms with van der Waals surface area (Å²) in [6, 6.07) is 0. The maximum Gasteiger partial charge on any atom is 0.0700 e. The van der Waals surface area contributed by atoms with Gasteiger partial charge in [-0.2, -0.15) is 0 Å². The number of rotatable bonds is 5. The molecule has 0 radical (unpaired) electrons. The summed E-state index contributed by atoms with van der Waals surface area (Å²) in [5.74, 6) is 0. The molecule has 106 valence electrons. The van der Waals surface area contributed by atoms with E-state index < -0.39 is 0 Å². The van der Waals surface area contributed by atoms with Crippen LogP contribution in [-0.2, 0) is 4.74 Å². The molecule has 0 aromatic carbocycles. The molecule has 0 spiro atoms. The highest BCUT2D eigenvalue weighted by atomic mass is 16.5. The normalized spacial score (nSPS) is 34.7. The number of nitrogens with zero attached hydrogens (tertiary/aromatic N) is 1. The first-order chi connectivity index (χ1) is 8.78. The Labute approximate surface area is 112 Å². The molecule has 3 heteroatoms. The highest BCUT2D eigenvalue weighted by molar-refractivity contribution is 4.89. The smallest absolute Gasteiger partial charge is 0.0700 e. The SMILES string of the molecule is CCCC1(CN2CCOC(CC)C2)CCCNC1. The second-order valence-electron chi connectivity index (χ2n) is 6.17. The summed E-state index contributed by atoms with van der Waals surface area (Å²) in [5, 5.41) is 3.62. The predicted octanol–water partition coefficient (Wildman–Crippen LogP) is 2.27. The van der Waals surface area contributed by atoms with Crippen LogP contribution < -0.4 is 5.32 Å². The van der Waals surface area contributed by atoms with Crippen LogP contribution in [0.3, 0.4) is 0 Å². The van der Waals surface area contributed by atoms with Crippen molar-refractivity contribution in [1.29, 1.82) is 0 Å². The molecule has 0 saturated carbocycles. The molecular weight excluding hydrogens is 224 g/mol. The first-order valence-corrected chi connectivity index (χ1v) is 7.83. The van der Waals surface area contributed by atoms with Crippen molar-refractivity contribution in [2.24, 2.45) is 5.41 Å². The van der Waals surface area contributed by atoms with Crippen LogP contribution >= 0.6 is 0 Å². The van der Waals surface area contributed by atoms with Gasteiger partial charge in [0.25, 0.3) is 0 Å². The van der Waals surface area contributed by atoms with Gasteiger partial charge in [0.15, 0.2) is 0 Å². The monoisotopic (exact) mass is 254 g/mol. The van der Waals surface area contributed by atoms with Gasteiger partial charge in [-0.25, -0.2) is 0 Å². The van der Waals surface area contributed by atoms with Crippen LogP contribution in [-0.4, -0.2) is 50.3 Å². The summed E-state index contributed by atoms with van der Waals surface area (Å²) in [4.78, 5) is 2.65. The van der Waals surface area contributed by atoms with Crippen LogP contribution in [0.1, 0.15) is 46.0 Å². The van der Waals surface area contributed by atoms with Crippen molar-refractivity contribution in [2.45, 2.75) is 52.1 Å². The first kappa shape index (κ1) is 14.3. The zero-order valence-electron chi connectivity index (χ0n) is 12.2. The van der Waals surface area contributed by atoms with Gasteiger partial charge in [-0.3, -0.25) is 4.90 Å². The Morgan fingerprint density at radius 3 is 2.94 bits per heavy atom. The Morgan fingerprint density at radius 2 is 2.28 bits per heavy atom. The number of piperidine rings is 1. The third kappa shape index (κ3) is 3.69. The van der Waals surface area contributed by atoms with E-state index in [1.54, 1.807) is 0 Å². The molecule has 1 N–H and O–H groups in total. The quantitative estimate of drug-likeness (QED) is 0.814. The van der Waals surface area contributed by atoms with Gasteiger partial charge in [0.05, 0.1) is 12.7 Å². The van der Waals surface area contributed by atoms with Crippen LogP contribution in [0.5, 0.6) is 0 Å². The third-order valence-corrected chi connectivity index (χ3v) is 4.58. The van der Waals surface area contributed by atoms with Gasteiger partial charge in [-0.1, -0.05) is 20.3 Å². The van der Waals surface area contributed by atoms with Gasteiger partial charge >= 0.3 is 0 Å². The van der Waals surface area contributed by atoms with Crippen LogP contribution in [0.25, 0.3) is 0 Å². The first-order valence-electron chi connectivity index (χ1n) is 7.83. The number of hydrogen-bond acceptors (Lipinski definition) is 3. The van der Waals surface area contributed by atoms with Crippen molar-refractivity contribution < 1.29 is 4.74 Å². The van der Waals surface area contributed by atoms with Crippen molar-refractivity contribution in [2.75, 3.05) is 39.3 Å². The third-order valence-electron chi connectivity index (χ3n) is 4.58. The fourth-order valence-corrected chi connectivity index (χ4v) is 3.63. The molecule has 18 heavy (non-hydrogen) atoms. The van der Waals surface area contributed by atoms with Crippen molar-refractivity contribution in [3.05, 3.63) is 0 Å². The summed E-state index contributed by atoms with van der Waals surface area (Å²) < 4.78 is 5.78. The van der Waals surface area contributed by atoms with Crippen molar-refractivity contribution in [3.8, 4) is 0 Å². The van der Waals surface area contributed by atoms with E-state index in [-0.39, 0.29) is 0 Å². The van der Waals surface area contributed by atoms with Gasteiger partial charge in [-0.05, 0) is 37.6 Å². The van der Waals surface area contributed by atoms with Crippen LogP contribution in [0, 0.1) is 5.41 Å². The van der Waals surface area contributed by atoms with E-state index in [1.165, 1.54) is 45.3 Å². The minimum Gasteiger partial charge on any atom is -0.376 e. The van der Waals surface area contributed by atoms with Gasteiger partial charge in [0.2, 0.25) is 0 Å². The molecule has 0 bridgehead atoms. The minimum atomic E-state index is 0.467. The molecule has 3 nitrogen and oxygen atoms in total. The minimum absolute atomic E-state index is 0.467. The Kier molecular flexibility index (Phi) is 5.46. The molecule has 2 rings (SSSR count). The number of nitrogens with one attached hydrogen (secondary N) is 1. The Hall–Kier alpha value is -0.120. The molecule has 2 fully saturated rings. The summed E-state index contributed by atoms with van der Waals surface area (Å²) in [5.41, 5.74) is 0.530. The van der Waals surface area contributed by atoms with E-state index >= 15 is 0 Å². The zero-order chi connectivity index (χ0) is 12.8. The van der Waals surface area contributed by atoms with Crippen LogP contribution in [0.15, 0.2) is 0 Å². The fourth-order valence-electron chi connectivity index (χ4n) is 3.63. The summed E-state index contributed by atoms with van der Waals surface area (Å²) in [6.07, 6.45) is 7.05. The number of ether oxygens (including phenoxy) is 1. The molecule has 0 amide bonds. The Bertz CT molecular complexity index is 233. The molecule has 2 unspecified atom stereocenters. The Balaban J connectivity index is 1.91. The van der Waals surface area contributed by atoms with Gasteiger partial charge in [0, 0.05) is 26.2 Å². The van der Waals surface area contributed by atoms with E-state index in [0.717, 1.165) is 26.1 Å². The van der Waals surface area contributed by atoms with Gasteiger partial charge < -0.3 is 10.1 Å².